The van der Waals surface area contributed by atoms with E-state index in [1.54, 1.807) is 0 Å². The molecule has 0 aliphatic rings. The van der Waals surface area contributed by atoms with Gasteiger partial charge in [0, 0.05) is 18.8 Å². The van der Waals surface area contributed by atoms with Gasteiger partial charge in [-0.25, -0.2) is 0 Å². The maximum absolute atomic E-state index is 11.1. The van der Waals surface area contributed by atoms with E-state index in [0.717, 1.165) is 6.54 Å². The molecule has 84 valence electrons. The lowest BCUT2D eigenvalue weighted by Crippen LogP contribution is -2.32. The molecule has 0 aliphatic heterocycles. The summed E-state index contributed by atoms with van der Waals surface area (Å²) < 4.78 is 0. The highest BCUT2D eigenvalue weighted by Crippen LogP contribution is 2.01. The zero-order valence-corrected chi connectivity index (χ0v) is 9.14. The van der Waals surface area contributed by atoms with Crippen LogP contribution in [0, 0.1) is 0 Å². The highest BCUT2D eigenvalue weighted by molar-refractivity contribution is 7.99. The third kappa shape index (κ3) is 8.31. The van der Waals surface area contributed by atoms with Crippen LogP contribution in [-0.2, 0) is 4.79 Å². The summed E-state index contributed by atoms with van der Waals surface area (Å²) in [4.78, 5) is 11.1. The summed E-state index contributed by atoms with van der Waals surface area (Å²) in [5, 5.41) is 23.1. The van der Waals surface area contributed by atoms with Crippen molar-refractivity contribution in [3.05, 3.63) is 0 Å². The lowest BCUT2D eigenvalue weighted by molar-refractivity contribution is -0.118. The van der Waals surface area contributed by atoms with Gasteiger partial charge < -0.3 is 20.8 Å². The van der Waals surface area contributed by atoms with Crippen LogP contribution in [0.3, 0.4) is 0 Å². The van der Waals surface area contributed by atoms with E-state index in [4.69, 9.17) is 10.2 Å². The second-order valence-electron chi connectivity index (χ2n) is 2.81. The molecule has 0 radical (unpaired) electrons. The van der Waals surface area contributed by atoms with Gasteiger partial charge >= 0.3 is 0 Å². The predicted molar refractivity (Wildman–Crippen MR) is 57.4 cm³/mol. The molecule has 0 aromatic carbocycles. The molecule has 0 saturated heterocycles. The molecule has 1 unspecified atom stereocenters. The number of hydrogen-bond donors (Lipinski definition) is 4. The van der Waals surface area contributed by atoms with Crippen molar-refractivity contribution in [2.75, 3.05) is 38.2 Å². The molecule has 0 fully saturated rings. The van der Waals surface area contributed by atoms with E-state index in [-0.39, 0.29) is 12.5 Å². The third-order valence-electron chi connectivity index (χ3n) is 1.45. The van der Waals surface area contributed by atoms with Gasteiger partial charge in [0.1, 0.15) is 0 Å². The van der Waals surface area contributed by atoms with Crippen LogP contribution in [-0.4, -0.2) is 60.5 Å². The van der Waals surface area contributed by atoms with Crippen molar-refractivity contribution in [2.24, 2.45) is 0 Å². The molecule has 0 bridgehead atoms. The molecule has 1 amide bonds. The summed E-state index contributed by atoms with van der Waals surface area (Å²) in [5.74, 6) is 0.659. The largest absolute Gasteiger partial charge is 0.394 e. The van der Waals surface area contributed by atoms with Crippen LogP contribution in [0.5, 0.6) is 0 Å². The van der Waals surface area contributed by atoms with Crippen molar-refractivity contribution < 1.29 is 15.0 Å². The monoisotopic (exact) mass is 222 g/mol. The van der Waals surface area contributed by atoms with Crippen LogP contribution in [0.25, 0.3) is 0 Å². The molecule has 0 rings (SSSR count). The van der Waals surface area contributed by atoms with Crippen LogP contribution in [0.2, 0.25) is 0 Å². The Morgan fingerprint density at radius 2 is 2.21 bits per heavy atom. The fraction of sp³-hybridized carbons (Fsp3) is 0.875. The highest BCUT2D eigenvalue weighted by Gasteiger charge is 2.04. The number of carbonyl (C=O) groups is 1. The minimum absolute atomic E-state index is 0.0459. The average Bonchev–Trinajstić information content (AvgIpc) is 2.18. The fourth-order valence-electron chi connectivity index (χ4n) is 0.718. The predicted octanol–water partition coefficient (Wildman–Crippen LogP) is -1.59. The molecule has 0 aromatic heterocycles. The summed E-state index contributed by atoms with van der Waals surface area (Å²) in [5.41, 5.74) is 0. The molecule has 0 spiro atoms. The Balaban J connectivity index is 3.26. The zero-order valence-electron chi connectivity index (χ0n) is 8.32. The van der Waals surface area contributed by atoms with Crippen LogP contribution in [0.1, 0.15) is 0 Å². The normalized spacial score (nSPS) is 12.5. The van der Waals surface area contributed by atoms with Crippen molar-refractivity contribution >= 4 is 17.7 Å². The minimum atomic E-state index is -0.731. The first-order chi connectivity index (χ1) is 6.70. The van der Waals surface area contributed by atoms with Gasteiger partial charge in [-0.1, -0.05) is 0 Å². The van der Waals surface area contributed by atoms with Gasteiger partial charge in [0.25, 0.3) is 0 Å². The highest BCUT2D eigenvalue weighted by atomic mass is 32.2. The van der Waals surface area contributed by atoms with E-state index >= 15 is 0 Å². The van der Waals surface area contributed by atoms with Gasteiger partial charge in [0.15, 0.2) is 0 Å². The molecule has 5 nitrogen and oxygen atoms in total. The number of aliphatic hydroxyl groups excluding tert-OH is 2. The van der Waals surface area contributed by atoms with E-state index in [2.05, 4.69) is 10.6 Å². The number of carbonyl (C=O) groups excluding carboxylic acids is 1. The van der Waals surface area contributed by atoms with Gasteiger partial charge in [0.05, 0.1) is 18.5 Å². The second-order valence-corrected chi connectivity index (χ2v) is 3.84. The molecule has 0 aromatic rings. The number of hydrogen-bond acceptors (Lipinski definition) is 5. The quantitative estimate of drug-likeness (QED) is 0.372. The Morgan fingerprint density at radius 3 is 2.79 bits per heavy atom. The van der Waals surface area contributed by atoms with Gasteiger partial charge in [-0.05, 0) is 7.05 Å². The van der Waals surface area contributed by atoms with Crippen LogP contribution < -0.4 is 10.6 Å². The SMILES string of the molecule is CNCCNC(=O)CSCC(O)CO. The van der Waals surface area contributed by atoms with Gasteiger partial charge in [-0.3, -0.25) is 4.79 Å². The summed E-state index contributed by atoms with van der Waals surface area (Å²) in [6.07, 6.45) is -0.731. The van der Waals surface area contributed by atoms with Gasteiger partial charge in [-0.2, -0.15) is 0 Å². The molecular weight excluding hydrogens is 204 g/mol. The molecule has 0 saturated carbocycles. The zero-order chi connectivity index (χ0) is 10.8. The topological polar surface area (TPSA) is 81.6 Å². The van der Waals surface area contributed by atoms with Crippen LogP contribution >= 0.6 is 11.8 Å². The lowest BCUT2D eigenvalue weighted by Gasteiger charge is -2.07. The number of amides is 1. The van der Waals surface area contributed by atoms with Crippen molar-refractivity contribution in [3.8, 4) is 0 Å². The molecule has 1 atom stereocenters. The van der Waals surface area contributed by atoms with E-state index in [1.165, 1.54) is 11.8 Å². The molecular formula is C8H18N2O3S. The van der Waals surface area contributed by atoms with E-state index in [1.807, 2.05) is 7.05 Å². The maximum Gasteiger partial charge on any atom is 0.230 e. The number of likely N-dealkylation sites (N-methyl/N-ethyl adjacent to an activating group) is 1. The smallest absolute Gasteiger partial charge is 0.230 e. The summed E-state index contributed by atoms with van der Waals surface area (Å²) in [6.45, 7) is 1.10. The van der Waals surface area contributed by atoms with E-state index in [9.17, 15) is 4.79 Å². The molecule has 4 N–H and O–H groups in total. The van der Waals surface area contributed by atoms with E-state index in [0.29, 0.717) is 18.1 Å². The van der Waals surface area contributed by atoms with Gasteiger partial charge in [-0.15, -0.1) is 11.8 Å². The fourth-order valence-corrected chi connectivity index (χ4v) is 1.50. The molecule has 6 heteroatoms. The summed E-state index contributed by atoms with van der Waals surface area (Å²) >= 11 is 1.31. The Morgan fingerprint density at radius 1 is 1.50 bits per heavy atom. The first-order valence-corrected chi connectivity index (χ1v) is 5.64. The first kappa shape index (κ1) is 13.7. The average molecular weight is 222 g/mol. The van der Waals surface area contributed by atoms with Crippen molar-refractivity contribution in [3.63, 3.8) is 0 Å². The standard InChI is InChI=1S/C8H18N2O3S/c1-9-2-3-10-8(13)6-14-5-7(12)4-11/h7,9,11-12H,2-6H2,1H3,(H,10,13). The number of thioether (sulfide) groups is 1. The van der Waals surface area contributed by atoms with Crippen LogP contribution in [0.4, 0.5) is 0 Å². The Labute approximate surface area is 88.3 Å². The van der Waals surface area contributed by atoms with Crippen molar-refractivity contribution in [1.82, 2.24) is 10.6 Å². The Hall–Kier alpha value is -0.300. The van der Waals surface area contributed by atoms with E-state index < -0.39 is 6.10 Å². The summed E-state index contributed by atoms with van der Waals surface area (Å²) in [7, 11) is 1.82. The minimum Gasteiger partial charge on any atom is -0.394 e. The molecule has 0 heterocycles. The number of rotatable bonds is 8. The molecule has 0 aliphatic carbocycles. The van der Waals surface area contributed by atoms with Crippen LogP contribution in [0.15, 0.2) is 0 Å². The number of aliphatic hydroxyl groups is 2. The number of nitrogens with one attached hydrogen (secondary N) is 2. The lowest BCUT2D eigenvalue weighted by atomic mass is 10.4. The Bertz CT molecular complexity index is 158. The first-order valence-electron chi connectivity index (χ1n) is 4.48. The van der Waals surface area contributed by atoms with Gasteiger partial charge in [0.2, 0.25) is 5.91 Å². The summed E-state index contributed by atoms with van der Waals surface area (Å²) in [6, 6.07) is 0. The van der Waals surface area contributed by atoms with Crippen molar-refractivity contribution in [1.29, 1.82) is 0 Å². The van der Waals surface area contributed by atoms with Crippen molar-refractivity contribution in [2.45, 2.75) is 6.10 Å². The Kier molecular flexibility index (Phi) is 9.06. The second kappa shape index (κ2) is 9.26. The third-order valence-corrected chi connectivity index (χ3v) is 2.54. The maximum atomic E-state index is 11.1. The molecule has 14 heavy (non-hydrogen) atoms.